The summed E-state index contributed by atoms with van der Waals surface area (Å²) < 4.78 is 43.3. The molecule has 0 saturated carbocycles. The van der Waals surface area contributed by atoms with Crippen molar-refractivity contribution >= 4 is 17.8 Å². The fourth-order valence-corrected chi connectivity index (χ4v) is 10.5. The molecule has 3 saturated heterocycles. The van der Waals surface area contributed by atoms with Crippen LogP contribution < -0.4 is 5.32 Å². The summed E-state index contributed by atoms with van der Waals surface area (Å²) in [4.78, 5) is 38.3. The van der Waals surface area contributed by atoms with E-state index in [-0.39, 0.29) is 83.4 Å². The van der Waals surface area contributed by atoms with Crippen LogP contribution in [0.5, 0.6) is 17.2 Å². The van der Waals surface area contributed by atoms with Gasteiger partial charge in [-0.1, -0.05) is 54.6 Å². The highest BCUT2D eigenvalue weighted by atomic mass is 16.7. The first-order valence-corrected chi connectivity index (χ1v) is 26.2. The number of ether oxygens (including phenoxy) is 7. The molecule has 4 aromatic carbocycles. The van der Waals surface area contributed by atoms with E-state index in [1.54, 1.807) is 60.7 Å². The Balaban J connectivity index is 0.861. The summed E-state index contributed by atoms with van der Waals surface area (Å²) in [5, 5.41) is 67.5. The fraction of sp³-hybridized carbons (Fsp3) is 0.526. The van der Waals surface area contributed by atoms with Crippen LogP contribution in [0.4, 0.5) is 0 Å². The Morgan fingerprint density at radius 3 is 1.57 bits per heavy atom. The maximum atomic E-state index is 13.7. The lowest BCUT2D eigenvalue weighted by atomic mass is 9.95. The summed E-state index contributed by atoms with van der Waals surface area (Å²) in [6, 6.07) is 24.8. The molecule has 7 N–H and O–H groups in total. The van der Waals surface area contributed by atoms with E-state index >= 15 is 0 Å². The van der Waals surface area contributed by atoms with Crippen molar-refractivity contribution in [1.29, 1.82) is 0 Å². The molecule has 13 atom stereocenters. The molecule has 400 valence electrons. The molecule has 0 radical (unpaired) electrons. The predicted molar refractivity (Wildman–Crippen MR) is 268 cm³/mol. The highest BCUT2D eigenvalue weighted by Gasteiger charge is 2.36. The number of benzene rings is 4. The number of rotatable bonds is 23. The van der Waals surface area contributed by atoms with Crippen LogP contribution in [-0.2, 0) is 33.2 Å². The zero-order valence-electron chi connectivity index (χ0n) is 42.0. The summed E-state index contributed by atoms with van der Waals surface area (Å²) in [7, 11) is 0. The normalized spacial score (nSPS) is 26.6. The van der Waals surface area contributed by atoms with Gasteiger partial charge in [-0.3, -0.25) is 14.9 Å². The Bertz CT molecular complexity index is 2500. The average molecular weight is 1030 g/mol. The third-order valence-electron chi connectivity index (χ3n) is 14.3. The third kappa shape index (κ3) is 14.9. The average Bonchev–Trinajstić information content (AvgIpc) is 3.65. The molecule has 0 bridgehead atoms. The van der Waals surface area contributed by atoms with E-state index in [0.29, 0.717) is 100 Å². The van der Waals surface area contributed by atoms with Crippen molar-refractivity contribution in [2.24, 2.45) is 0 Å². The number of fused-ring (bicyclic) bond motifs is 1. The van der Waals surface area contributed by atoms with Gasteiger partial charge in [0, 0.05) is 29.5 Å². The van der Waals surface area contributed by atoms with E-state index in [4.69, 9.17) is 33.2 Å². The molecule has 4 aliphatic heterocycles. The molecule has 17 heteroatoms. The van der Waals surface area contributed by atoms with E-state index in [1.165, 1.54) is 18.2 Å². The summed E-state index contributed by atoms with van der Waals surface area (Å²) >= 11 is 0. The number of nitrogens with one attached hydrogen (secondary N) is 1. The quantitative estimate of drug-likeness (QED) is 0.0271. The van der Waals surface area contributed by atoms with Crippen LogP contribution in [0.2, 0.25) is 0 Å². The zero-order chi connectivity index (χ0) is 52.3. The molecular weight excluding hydrogens is 955 g/mol. The van der Waals surface area contributed by atoms with Crippen LogP contribution in [0, 0.1) is 0 Å². The van der Waals surface area contributed by atoms with Crippen LogP contribution in [0.25, 0.3) is 0 Å². The lowest BCUT2D eigenvalue weighted by Crippen LogP contribution is -2.35. The van der Waals surface area contributed by atoms with Gasteiger partial charge >= 0.3 is 5.97 Å². The van der Waals surface area contributed by atoms with Gasteiger partial charge in [0.05, 0.1) is 71.6 Å². The molecule has 4 aromatic rings. The van der Waals surface area contributed by atoms with Crippen molar-refractivity contribution in [2.75, 3.05) is 0 Å². The van der Waals surface area contributed by atoms with Crippen molar-refractivity contribution in [2.45, 2.75) is 190 Å². The number of esters is 1. The van der Waals surface area contributed by atoms with Crippen molar-refractivity contribution in [3.63, 3.8) is 0 Å². The first-order valence-electron chi connectivity index (χ1n) is 26.2. The number of imide groups is 1. The van der Waals surface area contributed by atoms with Crippen molar-refractivity contribution in [1.82, 2.24) is 5.32 Å². The fourth-order valence-electron chi connectivity index (χ4n) is 10.5. The number of carbonyl (C=O) groups excluding carboxylic acids is 3. The molecule has 74 heavy (non-hydrogen) atoms. The van der Waals surface area contributed by atoms with Gasteiger partial charge in [0.2, 0.25) is 0 Å². The van der Waals surface area contributed by atoms with Crippen LogP contribution in [0.15, 0.2) is 91.0 Å². The predicted octanol–water partition coefficient (Wildman–Crippen LogP) is 8.63. The maximum absolute atomic E-state index is 13.7. The van der Waals surface area contributed by atoms with Gasteiger partial charge in [-0.05, 0) is 134 Å². The molecule has 4 heterocycles. The second-order valence-corrected chi connectivity index (χ2v) is 20.3. The summed E-state index contributed by atoms with van der Waals surface area (Å²) in [6.07, 6.45) is -0.0995. The largest absolute Gasteiger partial charge is 0.507 e. The number of amides is 2. The highest BCUT2D eigenvalue weighted by molar-refractivity contribution is 6.22. The van der Waals surface area contributed by atoms with Crippen LogP contribution in [0.3, 0.4) is 0 Å². The monoisotopic (exact) mass is 1030 g/mol. The van der Waals surface area contributed by atoms with Crippen LogP contribution in [0.1, 0.15) is 177 Å². The van der Waals surface area contributed by atoms with Gasteiger partial charge in [-0.15, -0.1) is 0 Å². The number of phenolic OH excluding ortho intramolecular Hbond substituents is 3. The number of aromatic hydroxyl groups is 3. The second kappa shape index (κ2) is 25.9. The molecule has 0 aliphatic carbocycles. The molecule has 0 spiro atoms. The Kier molecular flexibility index (Phi) is 19.1. The van der Waals surface area contributed by atoms with Crippen molar-refractivity contribution in [3.8, 4) is 17.2 Å². The van der Waals surface area contributed by atoms with Gasteiger partial charge < -0.3 is 63.8 Å². The molecule has 12 unspecified atom stereocenters. The van der Waals surface area contributed by atoms with Gasteiger partial charge in [0.25, 0.3) is 11.8 Å². The smallest absolute Gasteiger partial charge is 0.338 e. The molecular formula is C57H71NO16. The molecule has 4 aliphatic rings. The number of para-hydroxylation sites is 3. The highest BCUT2D eigenvalue weighted by Crippen LogP contribution is 2.40. The molecule has 17 nitrogen and oxygen atoms in total. The van der Waals surface area contributed by atoms with E-state index in [1.807, 2.05) is 26.0 Å². The number of carbonyl (C=O) groups is 3. The molecule has 8 rings (SSSR count). The third-order valence-corrected chi connectivity index (χ3v) is 14.3. The number of phenols is 3. The van der Waals surface area contributed by atoms with Crippen molar-refractivity contribution in [3.05, 3.63) is 124 Å². The van der Waals surface area contributed by atoms with Crippen molar-refractivity contribution < 1.29 is 78.2 Å². The minimum atomic E-state index is -1.04. The summed E-state index contributed by atoms with van der Waals surface area (Å²) in [6.45, 7) is 3.90. The Morgan fingerprint density at radius 2 is 1.01 bits per heavy atom. The van der Waals surface area contributed by atoms with Gasteiger partial charge in [-0.25, -0.2) is 4.79 Å². The minimum Gasteiger partial charge on any atom is -0.507 e. The van der Waals surface area contributed by atoms with E-state index in [0.717, 1.165) is 0 Å². The van der Waals surface area contributed by atoms with E-state index in [2.05, 4.69) is 5.32 Å². The lowest BCUT2D eigenvalue weighted by Gasteiger charge is -2.37. The number of aliphatic hydroxyl groups excluding tert-OH is 3. The Morgan fingerprint density at radius 1 is 0.554 bits per heavy atom. The molecule has 3 fully saturated rings. The maximum Gasteiger partial charge on any atom is 0.338 e. The minimum absolute atomic E-state index is 0.0167. The van der Waals surface area contributed by atoms with Gasteiger partial charge in [-0.2, -0.15) is 0 Å². The zero-order valence-corrected chi connectivity index (χ0v) is 42.0. The molecule has 2 amide bonds. The van der Waals surface area contributed by atoms with E-state index in [9.17, 15) is 45.0 Å². The number of hydrogen-bond donors (Lipinski definition) is 7. The van der Waals surface area contributed by atoms with Crippen LogP contribution >= 0.6 is 0 Å². The SMILES string of the molecule is CC1CC(CCCC(O)CC(O)CC(CCCC2CC(CCCC(O)CC3C[C@H](C)OC(c4ccccc4O)O3)OC(c3ccccc3O)O2)OC(=O)c2ccc3c(c2)C(=O)NC3=O)OC(c2ccccc2O)O1. The van der Waals surface area contributed by atoms with Crippen LogP contribution in [-0.4, -0.2) is 109 Å². The molecule has 0 aromatic heterocycles. The Labute approximate surface area is 431 Å². The lowest BCUT2D eigenvalue weighted by molar-refractivity contribution is -0.251. The topological polar surface area (TPSA) is 249 Å². The second-order valence-electron chi connectivity index (χ2n) is 20.3. The first kappa shape index (κ1) is 54.8. The summed E-state index contributed by atoms with van der Waals surface area (Å²) in [5.41, 5.74) is 1.88. The summed E-state index contributed by atoms with van der Waals surface area (Å²) in [5.74, 6) is -1.69. The van der Waals surface area contributed by atoms with E-state index < -0.39 is 61.1 Å². The Hall–Kier alpha value is -5.47. The van der Waals surface area contributed by atoms with Gasteiger partial charge in [0.1, 0.15) is 23.4 Å². The first-order chi connectivity index (χ1) is 35.6. The number of hydrogen-bond acceptors (Lipinski definition) is 16. The van der Waals surface area contributed by atoms with Gasteiger partial charge in [0.15, 0.2) is 18.9 Å². The number of aliphatic hydroxyl groups is 3. The standard InChI is InChI=1S/C57H71NO16/c1-33-26-39(71-55(68-33)45-18-3-6-21-49(45)62)14-9-12-36(59)29-38(61)31-40(70-54(67)35-24-25-44-48(28-35)53(66)58-52(44)65)16-11-17-42-32-41(72-57(73-42)47-20-5-8-23-51(47)64)15-10-13-37(60)30-43-27-34(2)69-56(74-43)46-19-4-7-22-50(46)63/h3-8,18-25,28,33-34,36-43,55-57,59-64H,9-17,26-27,29-32H2,1-2H3,(H,58,65,66)/t33?,34-,36?,37?,38?,39?,40?,41?,42?,43?,55?,56?,57?/m0/s1.